The predicted molar refractivity (Wildman–Crippen MR) is 66.2 cm³/mol. The van der Waals surface area contributed by atoms with Gasteiger partial charge in [-0.2, -0.15) is 5.10 Å². The number of aromatic amines is 1. The number of nitrogens with zero attached hydrogens (tertiary/aromatic N) is 1. The van der Waals surface area contributed by atoms with E-state index >= 15 is 0 Å². The Morgan fingerprint density at radius 3 is 2.62 bits per heavy atom. The smallest absolute Gasteiger partial charge is 0.0695 e. The van der Waals surface area contributed by atoms with Crippen molar-refractivity contribution in [2.45, 2.75) is 19.9 Å². The molecule has 1 aromatic carbocycles. The van der Waals surface area contributed by atoms with Gasteiger partial charge in [0.1, 0.15) is 0 Å². The maximum atomic E-state index is 4.09. The Morgan fingerprint density at radius 1 is 1.25 bits per heavy atom. The van der Waals surface area contributed by atoms with Crippen LogP contribution in [0.15, 0.2) is 30.5 Å². The highest BCUT2D eigenvalue weighted by atomic mass is 15.1. The van der Waals surface area contributed by atoms with Crippen LogP contribution in [0.25, 0.3) is 11.3 Å². The quantitative estimate of drug-likeness (QED) is 0.822. The summed E-state index contributed by atoms with van der Waals surface area (Å²) < 4.78 is 0. The van der Waals surface area contributed by atoms with E-state index in [-0.39, 0.29) is 0 Å². The molecule has 0 fully saturated rings. The zero-order valence-corrected chi connectivity index (χ0v) is 9.75. The fourth-order valence-corrected chi connectivity index (χ4v) is 1.79. The number of rotatable bonds is 4. The summed E-state index contributed by atoms with van der Waals surface area (Å²) in [5, 5.41) is 10.3. The van der Waals surface area contributed by atoms with E-state index in [0.29, 0.717) is 0 Å². The summed E-state index contributed by atoms with van der Waals surface area (Å²) in [6, 6.07) is 8.62. The normalized spacial score (nSPS) is 10.6. The highest BCUT2D eigenvalue weighted by molar-refractivity contribution is 5.62. The van der Waals surface area contributed by atoms with Crippen LogP contribution in [-0.4, -0.2) is 17.2 Å². The monoisotopic (exact) mass is 215 g/mol. The van der Waals surface area contributed by atoms with Gasteiger partial charge in [0.25, 0.3) is 0 Å². The summed E-state index contributed by atoms with van der Waals surface area (Å²) in [5.41, 5.74) is 4.86. The van der Waals surface area contributed by atoms with Crippen LogP contribution >= 0.6 is 0 Å². The van der Waals surface area contributed by atoms with Crippen LogP contribution in [0.4, 0.5) is 0 Å². The molecule has 0 amide bonds. The van der Waals surface area contributed by atoms with Crippen molar-refractivity contribution in [3.05, 3.63) is 41.6 Å². The molecule has 0 spiro atoms. The molecule has 0 aliphatic rings. The Balaban J connectivity index is 2.31. The number of aryl methyl sites for hydroxylation is 1. The number of benzene rings is 1. The lowest BCUT2D eigenvalue weighted by Crippen LogP contribution is -2.05. The summed E-state index contributed by atoms with van der Waals surface area (Å²) in [6.45, 7) is 3.00. The van der Waals surface area contributed by atoms with Crippen molar-refractivity contribution in [3.63, 3.8) is 0 Å². The fourth-order valence-electron chi connectivity index (χ4n) is 1.79. The van der Waals surface area contributed by atoms with Gasteiger partial charge in [-0.25, -0.2) is 0 Å². The highest BCUT2D eigenvalue weighted by Gasteiger charge is 2.06. The van der Waals surface area contributed by atoms with E-state index in [1.54, 1.807) is 0 Å². The van der Waals surface area contributed by atoms with Crippen molar-refractivity contribution in [2.75, 3.05) is 7.05 Å². The average molecular weight is 215 g/mol. The summed E-state index contributed by atoms with van der Waals surface area (Å²) in [7, 11) is 1.94. The minimum atomic E-state index is 0.835. The van der Waals surface area contributed by atoms with E-state index in [9.17, 15) is 0 Å². The zero-order valence-electron chi connectivity index (χ0n) is 9.75. The number of H-pyrrole nitrogens is 1. The van der Waals surface area contributed by atoms with Crippen LogP contribution in [0.2, 0.25) is 0 Å². The summed E-state index contributed by atoms with van der Waals surface area (Å²) >= 11 is 0. The molecule has 84 valence electrons. The second-order valence-corrected chi connectivity index (χ2v) is 3.85. The van der Waals surface area contributed by atoms with E-state index in [4.69, 9.17) is 0 Å². The molecule has 0 saturated carbocycles. The number of hydrogen-bond acceptors (Lipinski definition) is 2. The van der Waals surface area contributed by atoms with E-state index in [1.165, 1.54) is 16.7 Å². The minimum Gasteiger partial charge on any atom is -0.316 e. The summed E-state index contributed by atoms with van der Waals surface area (Å²) in [5.74, 6) is 0. The third-order valence-corrected chi connectivity index (χ3v) is 2.74. The first kappa shape index (κ1) is 10.9. The molecule has 0 unspecified atom stereocenters. The molecule has 1 aromatic heterocycles. The maximum absolute atomic E-state index is 4.09. The molecule has 2 aromatic rings. The molecule has 0 bridgehead atoms. The number of nitrogens with one attached hydrogen (secondary N) is 2. The molecule has 2 rings (SSSR count). The van der Waals surface area contributed by atoms with Crippen LogP contribution in [-0.2, 0) is 13.0 Å². The molecule has 2 N–H and O–H groups in total. The molecule has 3 heteroatoms. The lowest BCUT2D eigenvalue weighted by molar-refractivity contribution is 0.820. The van der Waals surface area contributed by atoms with Gasteiger partial charge in [0, 0.05) is 12.1 Å². The molecule has 3 nitrogen and oxygen atoms in total. The van der Waals surface area contributed by atoms with Gasteiger partial charge in [-0.3, -0.25) is 5.10 Å². The molecule has 1 heterocycles. The van der Waals surface area contributed by atoms with Gasteiger partial charge in [-0.15, -0.1) is 0 Å². The topological polar surface area (TPSA) is 40.7 Å². The summed E-state index contributed by atoms with van der Waals surface area (Å²) in [6.07, 6.45) is 2.95. The van der Waals surface area contributed by atoms with E-state index < -0.39 is 0 Å². The lowest BCUT2D eigenvalue weighted by Gasteiger charge is -2.03. The minimum absolute atomic E-state index is 0.835. The molecular weight excluding hydrogens is 198 g/mol. The molecular formula is C13H17N3. The van der Waals surface area contributed by atoms with Crippen LogP contribution in [0.3, 0.4) is 0 Å². The Bertz CT molecular complexity index is 442. The van der Waals surface area contributed by atoms with Gasteiger partial charge in [0.05, 0.1) is 11.9 Å². The van der Waals surface area contributed by atoms with Gasteiger partial charge >= 0.3 is 0 Å². The molecule has 0 aliphatic carbocycles. The maximum Gasteiger partial charge on any atom is 0.0695 e. The SMILES string of the molecule is CCc1ccc(-c2[nH]ncc2CNC)cc1. The predicted octanol–water partition coefficient (Wildman–Crippen LogP) is 2.36. The van der Waals surface area contributed by atoms with E-state index in [1.807, 2.05) is 13.2 Å². The highest BCUT2D eigenvalue weighted by Crippen LogP contribution is 2.21. The van der Waals surface area contributed by atoms with E-state index in [0.717, 1.165) is 18.7 Å². The van der Waals surface area contributed by atoms with Gasteiger partial charge in [0.2, 0.25) is 0 Å². The van der Waals surface area contributed by atoms with Crippen molar-refractivity contribution < 1.29 is 0 Å². The van der Waals surface area contributed by atoms with Crippen molar-refractivity contribution in [1.82, 2.24) is 15.5 Å². The van der Waals surface area contributed by atoms with Crippen molar-refractivity contribution in [1.29, 1.82) is 0 Å². The number of aromatic nitrogens is 2. The van der Waals surface area contributed by atoms with E-state index in [2.05, 4.69) is 46.7 Å². The van der Waals surface area contributed by atoms with Crippen LogP contribution in [0, 0.1) is 0 Å². The van der Waals surface area contributed by atoms with Gasteiger partial charge in [0.15, 0.2) is 0 Å². The van der Waals surface area contributed by atoms with Gasteiger partial charge < -0.3 is 5.32 Å². The Morgan fingerprint density at radius 2 is 2.00 bits per heavy atom. The standard InChI is InChI=1S/C13H17N3/c1-3-10-4-6-11(7-5-10)13-12(8-14-2)9-15-16-13/h4-7,9,14H,3,8H2,1-2H3,(H,15,16). The molecule has 0 saturated heterocycles. The fraction of sp³-hybridized carbons (Fsp3) is 0.308. The molecule has 0 aliphatic heterocycles. The number of hydrogen-bond donors (Lipinski definition) is 2. The third-order valence-electron chi connectivity index (χ3n) is 2.74. The van der Waals surface area contributed by atoms with Gasteiger partial charge in [-0.1, -0.05) is 31.2 Å². The first-order valence-corrected chi connectivity index (χ1v) is 5.61. The van der Waals surface area contributed by atoms with Crippen molar-refractivity contribution in [3.8, 4) is 11.3 Å². The molecule has 0 radical (unpaired) electrons. The summed E-state index contributed by atoms with van der Waals surface area (Å²) in [4.78, 5) is 0. The molecule has 16 heavy (non-hydrogen) atoms. The first-order chi connectivity index (χ1) is 7.85. The average Bonchev–Trinajstić information content (AvgIpc) is 2.78. The van der Waals surface area contributed by atoms with Crippen molar-refractivity contribution >= 4 is 0 Å². The molecule has 0 atom stereocenters. The largest absolute Gasteiger partial charge is 0.316 e. The lowest BCUT2D eigenvalue weighted by atomic mass is 10.1. The second kappa shape index (κ2) is 4.94. The van der Waals surface area contributed by atoms with Crippen LogP contribution in [0.5, 0.6) is 0 Å². The van der Waals surface area contributed by atoms with Crippen molar-refractivity contribution in [2.24, 2.45) is 0 Å². The third kappa shape index (κ3) is 2.14. The Kier molecular flexibility index (Phi) is 3.37. The Labute approximate surface area is 95.9 Å². The van der Waals surface area contributed by atoms with Gasteiger partial charge in [-0.05, 0) is 24.6 Å². The van der Waals surface area contributed by atoms with Crippen LogP contribution in [0.1, 0.15) is 18.1 Å². The second-order valence-electron chi connectivity index (χ2n) is 3.85. The Hall–Kier alpha value is -1.61. The first-order valence-electron chi connectivity index (χ1n) is 5.61. The zero-order chi connectivity index (χ0) is 11.4. The van der Waals surface area contributed by atoms with Crippen LogP contribution < -0.4 is 5.32 Å².